The zero-order valence-electron chi connectivity index (χ0n) is 11.7. The van der Waals surface area contributed by atoms with E-state index in [4.69, 9.17) is 5.73 Å². The molecule has 3 N–H and O–H groups in total. The summed E-state index contributed by atoms with van der Waals surface area (Å²) in [4.78, 5) is 11.9. The van der Waals surface area contributed by atoms with Crippen molar-refractivity contribution in [3.05, 3.63) is 41.1 Å². The van der Waals surface area contributed by atoms with Gasteiger partial charge in [0.15, 0.2) is 0 Å². The molecule has 1 aliphatic heterocycles. The zero-order valence-corrected chi connectivity index (χ0v) is 11.7. The molecule has 5 heteroatoms. The quantitative estimate of drug-likeness (QED) is 0.871. The van der Waals surface area contributed by atoms with Gasteiger partial charge in [0, 0.05) is 18.7 Å². The summed E-state index contributed by atoms with van der Waals surface area (Å²) in [7, 11) is 0. The molecule has 1 aromatic heterocycles. The number of nitrogens with zero attached hydrogens (tertiary/aromatic N) is 2. The van der Waals surface area contributed by atoms with Gasteiger partial charge in [0.2, 0.25) is 0 Å². The lowest BCUT2D eigenvalue weighted by atomic mass is 10.0. The first-order valence-corrected chi connectivity index (χ1v) is 6.77. The highest BCUT2D eigenvalue weighted by Gasteiger charge is 2.27. The van der Waals surface area contributed by atoms with Crippen LogP contribution in [0, 0.1) is 6.92 Å². The number of amides is 1. The van der Waals surface area contributed by atoms with Crippen molar-refractivity contribution in [3.8, 4) is 11.3 Å². The van der Waals surface area contributed by atoms with Crippen LogP contribution >= 0.6 is 0 Å². The van der Waals surface area contributed by atoms with Crippen LogP contribution in [0.5, 0.6) is 0 Å². The van der Waals surface area contributed by atoms with Crippen molar-refractivity contribution < 1.29 is 4.79 Å². The van der Waals surface area contributed by atoms with Gasteiger partial charge in [-0.25, -0.2) is 0 Å². The van der Waals surface area contributed by atoms with Crippen molar-refractivity contribution in [2.24, 2.45) is 5.73 Å². The molecule has 104 valence electrons. The third kappa shape index (κ3) is 2.00. The average molecular weight is 270 g/mol. The molecular formula is C15H18N4O. The second-order valence-electron chi connectivity index (χ2n) is 5.33. The number of benzene rings is 1. The van der Waals surface area contributed by atoms with Gasteiger partial charge in [-0.2, -0.15) is 5.10 Å². The Labute approximate surface area is 117 Å². The van der Waals surface area contributed by atoms with E-state index in [1.807, 2.05) is 35.9 Å². The maximum Gasteiger partial charge on any atom is 0.252 e. The number of hydrogen-bond acceptors (Lipinski definition) is 3. The van der Waals surface area contributed by atoms with Gasteiger partial charge in [-0.15, -0.1) is 0 Å². The van der Waals surface area contributed by atoms with Gasteiger partial charge in [0.05, 0.1) is 17.3 Å². The first kappa shape index (κ1) is 12.9. The Morgan fingerprint density at radius 1 is 1.50 bits per heavy atom. The minimum Gasteiger partial charge on any atom is -0.365 e. The van der Waals surface area contributed by atoms with Gasteiger partial charge in [-0.1, -0.05) is 23.8 Å². The van der Waals surface area contributed by atoms with E-state index >= 15 is 0 Å². The van der Waals surface area contributed by atoms with Gasteiger partial charge < -0.3 is 11.1 Å². The molecule has 0 fully saturated rings. The van der Waals surface area contributed by atoms with Crippen molar-refractivity contribution in [2.75, 3.05) is 6.54 Å². The Kier molecular flexibility index (Phi) is 3.06. The number of fused-ring (bicyclic) bond motifs is 1. The van der Waals surface area contributed by atoms with Crippen LogP contribution in [0.1, 0.15) is 34.6 Å². The predicted octanol–water partition coefficient (Wildman–Crippen LogP) is 1.62. The Hall–Kier alpha value is -2.14. The van der Waals surface area contributed by atoms with Gasteiger partial charge in [0.25, 0.3) is 5.91 Å². The Morgan fingerprint density at radius 3 is 3.00 bits per heavy atom. The maximum atomic E-state index is 11.9. The molecule has 0 radical (unpaired) electrons. The number of aromatic nitrogens is 2. The van der Waals surface area contributed by atoms with E-state index < -0.39 is 5.91 Å². The molecule has 5 nitrogen and oxygen atoms in total. The molecule has 20 heavy (non-hydrogen) atoms. The van der Waals surface area contributed by atoms with Crippen molar-refractivity contribution in [1.29, 1.82) is 0 Å². The van der Waals surface area contributed by atoms with E-state index in [9.17, 15) is 4.79 Å². The first-order chi connectivity index (χ1) is 9.58. The SMILES string of the molecule is Cc1cccc(-c2nn3c(c2C(N)=O)CNCC3C)c1. The zero-order chi connectivity index (χ0) is 14.3. The highest BCUT2D eigenvalue weighted by Crippen LogP contribution is 2.29. The minimum atomic E-state index is -0.418. The maximum absolute atomic E-state index is 11.9. The van der Waals surface area contributed by atoms with Crippen LogP contribution in [0.4, 0.5) is 0 Å². The van der Waals surface area contributed by atoms with Crippen LogP contribution in [0.25, 0.3) is 11.3 Å². The summed E-state index contributed by atoms with van der Waals surface area (Å²) in [5.41, 5.74) is 9.76. The summed E-state index contributed by atoms with van der Waals surface area (Å²) in [6.45, 7) is 5.57. The summed E-state index contributed by atoms with van der Waals surface area (Å²) < 4.78 is 1.92. The lowest BCUT2D eigenvalue weighted by Gasteiger charge is -2.22. The molecule has 0 aliphatic carbocycles. The number of hydrogen-bond donors (Lipinski definition) is 2. The summed E-state index contributed by atoms with van der Waals surface area (Å²) in [5.74, 6) is -0.418. The number of aryl methyl sites for hydroxylation is 1. The highest BCUT2D eigenvalue weighted by atomic mass is 16.1. The Morgan fingerprint density at radius 2 is 2.30 bits per heavy atom. The fourth-order valence-electron chi connectivity index (χ4n) is 2.74. The Bertz CT molecular complexity index is 675. The van der Waals surface area contributed by atoms with E-state index in [0.717, 1.165) is 23.4 Å². The molecular weight excluding hydrogens is 252 g/mol. The number of primary amides is 1. The topological polar surface area (TPSA) is 72.9 Å². The average Bonchev–Trinajstić information content (AvgIpc) is 2.79. The predicted molar refractivity (Wildman–Crippen MR) is 77.3 cm³/mol. The van der Waals surface area contributed by atoms with E-state index in [1.54, 1.807) is 0 Å². The van der Waals surface area contributed by atoms with Gasteiger partial charge in [-0.05, 0) is 19.9 Å². The molecule has 2 aromatic rings. The van der Waals surface area contributed by atoms with Crippen LogP contribution in [-0.2, 0) is 6.54 Å². The largest absolute Gasteiger partial charge is 0.365 e. The molecule has 1 unspecified atom stereocenters. The monoisotopic (exact) mass is 270 g/mol. The molecule has 1 aliphatic rings. The van der Waals surface area contributed by atoms with E-state index in [-0.39, 0.29) is 6.04 Å². The third-order valence-electron chi connectivity index (χ3n) is 3.70. The van der Waals surface area contributed by atoms with Crippen LogP contribution < -0.4 is 11.1 Å². The van der Waals surface area contributed by atoms with E-state index in [1.165, 1.54) is 0 Å². The van der Waals surface area contributed by atoms with Crippen molar-refractivity contribution in [2.45, 2.75) is 26.4 Å². The number of nitrogens with one attached hydrogen (secondary N) is 1. The normalized spacial score (nSPS) is 17.8. The summed E-state index contributed by atoms with van der Waals surface area (Å²) in [5, 5.41) is 7.93. The molecule has 1 amide bonds. The molecule has 1 aromatic carbocycles. The standard InChI is InChI=1S/C15H18N4O/c1-9-4-3-5-11(6-9)14-13(15(16)20)12-8-17-7-10(2)19(12)18-14/h3-6,10,17H,7-8H2,1-2H3,(H2,16,20). The number of carbonyl (C=O) groups is 1. The fourth-order valence-corrected chi connectivity index (χ4v) is 2.74. The molecule has 0 saturated carbocycles. The smallest absolute Gasteiger partial charge is 0.252 e. The fraction of sp³-hybridized carbons (Fsp3) is 0.333. The van der Waals surface area contributed by atoms with Crippen LogP contribution in [0.3, 0.4) is 0 Å². The first-order valence-electron chi connectivity index (χ1n) is 6.77. The molecule has 0 bridgehead atoms. The minimum absolute atomic E-state index is 0.218. The van der Waals surface area contributed by atoms with Crippen molar-refractivity contribution >= 4 is 5.91 Å². The summed E-state index contributed by atoms with van der Waals surface area (Å²) in [6.07, 6.45) is 0. The molecule has 0 spiro atoms. The van der Waals surface area contributed by atoms with E-state index in [2.05, 4.69) is 17.3 Å². The second-order valence-corrected chi connectivity index (χ2v) is 5.33. The van der Waals surface area contributed by atoms with Crippen molar-refractivity contribution in [1.82, 2.24) is 15.1 Å². The lowest BCUT2D eigenvalue weighted by Crippen LogP contribution is -2.33. The Balaban J connectivity index is 2.23. The number of rotatable bonds is 2. The molecule has 2 heterocycles. The van der Waals surface area contributed by atoms with Crippen molar-refractivity contribution in [3.63, 3.8) is 0 Å². The van der Waals surface area contributed by atoms with Crippen LogP contribution in [0.2, 0.25) is 0 Å². The lowest BCUT2D eigenvalue weighted by molar-refractivity contribution is 0.0999. The van der Waals surface area contributed by atoms with E-state index in [0.29, 0.717) is 17.8 Å². The second kappa shape index (κ2) is 4.76. The van der Waals surface area contributed by atoms with Gasteiger partial charge in [-0.3, -0.25) is 9.48 Å². The van der Waals surface area contributed by atoms with Gasteiger partial charge >= 0.3 is 0 Å². The molecule has 0 saturated heterocycles. The molecule has 3 rings (SSSR count). The summed E-state index contributed by atoms with van der Waals surface area (Å²) >= 11 is 0. The van der Waals surface area contributed by atoms with Gasteiger partial charge in [0.1, 0.15) is 5.69 Å². The van der Waals surface area contributed by atoms with Crippen LogP contribution in [0.15, 0.2) is 24.3 Å². The highest BCUT2D eigenvalue weighted by molar-refractivity contribution is 6.00. The number of nitrogens with two attached hydrogens (primary N) is 1. The molecule has 1 atom stereocenters. The third-order valence-corrected chi connectivity index (χ3v) is 3.70. The number of carbonyl (C=O) groups excluding carboxylic acids is 1. The summed E-state index contributed by atoms with van der Waals surface area (Å²) in [6, 6.07) is 8.20. The van der Waals surface area contributed by atoms with Crippen LogP contribution in [-0.4, -0.2) is 22.2 Å².